The summed E-state index contributed by atoms with van der Waals surface area (Å²) in [5.74, 6) is 1.96. The third-order valence-electron chi connectivity index (χ3n) is 3.89. The fourth-order valence-electron chi connectivity index (χ4n) is 2.47. The molecule has 0 atom stereocenters. The van der Waals surface area contributed by atoms with Gasteiger partial charge in [0.25, 0.3) is 0 Å². The lowest BCUT2D eigenvalue weighted by Crippen LogP contribution is -1.96. The van der Waals surface area contributed by atoms with Gasteiger partial charge in [-0.2, -0.15) is 0 Å². The van der Waals surface area contributed by atoms with Gasteiger partial charge in [-0.3, -0.25) is 4.57 Å². The van der Waals surface area contributed by atoms with E-state index in [1.807, 2.05) is 60.0 Å². The lowest BCUT2D eigenvalue weighted by Gasteiger charge is -2.07. The predicted molar refractivity (Wildman–Crippen MR) is 103 cm³/mol. The molecular formula is C19H15ClN4OS. The van der Waals surface area contributed by atoms with E-state index >= 15 is 0 Å². The van der Waals surface area contributed by atoms with Gasteiger partial charge in [-0.15, -0.1) is 10.2 Å². The number of aromatic nitrogens is 4. The Labute approximate surface area is 160 Å². The van der Waals surface area contributed by atoms with Gasteiger partial charge in [0.05, 0.1) is 17.6 Å². The molecule has 0 saturated carbocycles. The summed E-state index contributed by atoms with van der Waals surface area (Å²) in [6.07, 6.45) is 3.42. The van der Waals surface area contributed by atoms with Crippen LogP contribution >= 0.6 is 23.4 Å². The number of hydrogen-bond donors (Lipinski definition) is 0. The molecule has 26 heavy (non-hydrogen) atoms. The van der Waals surface area contributed by atoms with Crippen LogP contribution in [0.4, 0.5) is 0 Å². The number of benzene rings is 2. The highest BCUT2D eigenvalue weighted by Gasteiger charge is 2.12. The Morgan fingerprint density at radius 1 is 1.15 bits per heavy atom. The Hall–Kier alpha value is -2.57. The SMILES string of the molecule is Cc1ccc(-n2cnnc2SCc2ncc(-c3ccccc3)o2)cc1Cl. The molecule has 4 aromatic rings. The van der Waals surface area contributed by atoms with E-state index in [1.165, 1.54) is 11.8 Å². The maximum atomic E-state index is 6.23. The fourth-order valence-corrected chi connectivity index (χ4v) is 3.43. The van der Waals surface area contributed by atoms with E-state index in [0.717, 1.165) is 27.7 Å². The van der Waals surface area contributed by atoms with Crippen molar-refractivity contribution >= 4 is 23.4 Å². The summed E-state index contributed by atoms with van der Waals surface area (Å²) in [6.45, 7) is 1.97. The van der Waals surface area contributed by atoms with Crippen molar-refractivity contribution in [2.45, 2.75) is 17.8 Å². The van der Waals surface area contributed by atoms with Gasteiger partial charge >= 0.3 is 0 Å². The minimum atomic E-state index is 0.561. The molecule has 2 heterocycles. The molecule has 0 bridgehead atoms. The Morgan fingerprint density at radius 3 is 2.81 bits per heavy atom. The molecule has 0 aliphatic heterocycles. The third kappa shape index (κ3) is 3.52. The van der Waals surface area contributed by atoms with Crippen molar-refractivity contribution in [1.29, 1.82) is 0 Å². The number of halogens is 1. The molecule has 2 aromatic carbocycles. The summed E-state index contributed by atoms with van der Waals surface area (Å²) in [7, 11) is 0. The predicted octanol–water partition coefficient (Wildman–Crippen LogP) is 5.18. The quantitative estimate of drug-likeness (QED) is 0.445. The van der Waals surface area contributed by atoms with Crippen LogP contribution in [0.5, 0.6) is 0 Å². The molecule has 0 N–H and O–H groups in total. The average molecular weight is 383 g/mol. The molecule has 4 rings (SSSR count). The second-order valence-electron chi connectivity index (χ2n) is 5.69. The van der Waals surface area contributed by atoms with E-state index in [4.69, 9.17) is 16.0 Å². The molecule has 0 aliphatic carbocycles. The largest absolute Gasteiger partial charge is 0.440 e. The molecule has 0 fully saturated rings. The summed E-state index contributed by atoms with van der Waals surface area (Å²) in [5, 5.41) is 9.67. The number of thioether (sulfide) groups is 1. The normalized spacial score (nSPS) is 11.0. The van der Waals surface area contributed by atoms with E-state index in [-0.39, 0.29) is 0 Å². The van der Waals surface area contributed by atoms with Crippen LogP contribution in [0.2, 0.25) is 5.02 Å². The Balaban J connectivity index is 1.50. The first kappa shape index (κ1) is 16.9. The van der Waals surface area contributed by atoms with Crippen LogP contribution in [0.3, 0.4) is 0 Å². The van der Waals surface area contributed by atoms with Crippen LogP contribution in [-0.2, 0) is 5.75 Å². The molecule has 0 saturated heterocycles. The molecule has 2 aromatic heterocycles. The number of aryl methyl sites for hydroxylation is 1. The van der Waals surface area contributed by atoms with Crippen LogP contribution in [0, 0.1) is 6.92 Å². The lowest BCUT2D eigenvalue weighted by atomic mass is 10.2. The maximum absolute atomic E-state index is 6.23. The van der Waals surface area contributed by atoms with Gasteiger partial charge in [0.2, 0.25) is 5.89 Å². The van der Waals surface area contributed by atoms with E-state index < -0.39 is 0 Å². The van der Waals surface area contributed by atoms with Crippen LogP contribution < -0.4 is 0 Å². The van der Waals surface area contributed by atoms with Crippen molar-refractivity contribution in [1.82, 2.24) is 19.7 Å². The van der Waals surface area contributed by atoms with Gasteiger partial charge in [0, 0.05) is 10.6 Å². The molecule has 0 unspecified atom stereocenters. The van der Waals surface area contributed by atoms with Gasteiger partial charge in [-0.1, -0.05) is 59.8 Å². The smallest absolute Gasteiger partial charge is 0.205 e. The summed E-state index contributed by atoms with van der Waals surface area (Å²) < 4.78 is 7.74. The van der Waals surface area contributed by atoms with E-state index in [1.54, 1.807) is 12.5 Å². The van der Waals surface area contributed by atoms with E-state index in [9.17, 15) is 0 Å². The molecule has 5 nitrogen and oxygen atoms in total. The summed E-state index contributed by atoms with van der Waals surface area (Å²) in [5.41, 5.74) is 2.96. The third-order valence-corrected chi connectivity index (χ3v) is 5.22. The van der Waals surface area contributed by atoms with E-state index in [2.05, 4.69) is 15.2 Å². The highest BCUT2D eigenvalue weighted by Crippen LogP contribution is 2.27. The standard InChI is InChI=1S/C19H15ClN4OS/c1-13-7-8-15(9-16(13)20)24-12-22-23-19(24)26-11-18-21-10-17(25-18)14-5-3-2-4-6-14/h2-10,12H,11H2,1H3. The topological polar surface area (TPSA) is 56.7 Å². The molecule has 130 valence electrons. The first-order valence-electron chi connectivity index (χ1n) is 8.00. The second-order valence-corrected chi connectivity index (χ2v) is 7.04. The zero-order valence-corrected chi connectivity index (χ0v) is 15.5. The fraction of sp³-hybridized carbons (Fsp3) is 0.105. The van der Waals surface area contributed by atoms with Crippen molar-refractivity contribution in [3.63, 3.8) is 0 Å². The molecular weight excluding hydrogens is 368 g/mol. The second kappa shape index (κ2) is 7.35. The zero-order chi connectivity index (χ0) is 17.9. The maximum Gasteiger partial charge on any atom is 0.205 e. The Bertz CT molecular complexity index is 1030. The van der Waals surface area contributed by atoms with Gasteiger partial charge < -0.3 is 4.42 Å². The van der Waals surface area contributed by atoms with Gasteiger partial charge in [0.15, 0.2) is 10.9 Å². The summed E-state index contributed by atoms with van der Waals surface area (Å²) >= 11 is 7.74. The highest BCUT2D eigenvalue weighted by molar-refractivity contribution is 7.98. The monoisotopic (exact) mass is 382 g/mol. The lowest BCUT2D eigenvalue weighted by molar-refractivity contribution is 0.529. The van der Waals surface area contributed by atoms with Crippen LogP contribution in [0.1, 0.15) is 11.5 Å². The van der Waals surface area contributed by atoms with Crippen molar-refractivity contribution < 1.29 is 4.42 Å². The molecule has 0 radical (unpaired) electrons. The van der Waals surface area contributed by atoms with Gasteiger partial charge in [-0.25, -0.2) is 4.98 Å². The Kier molecular flexibility index (Phi) is 4.77. The van der Waals surface area contributed by atoms with E-state index in [0.29, 0.717) is 16.7 Å². The first-order chi connectivity index (χ1) is 12.7. The molecule has 0 aliphatic rings. The first-order valence-corrected chi connectivity index (χ1v) is 9.36. The van der Waals surface area contributed by atoms with Crippen molar-refractivity contribution in [3.05, 3.63) is 77.5 Å². The zero-order valence-electron chi connectivity index (χ0n) is 14.0. The average Bonchev–Trinajstić information content (AvgIpc) is 3.32. The Morgan fingerprint density at radius 2 is 2.00 bits per heavy atom. The van der Waals surface area contributed by atoms with Gasteiger partial charge in [-0.05, 0) is 24.6 Å². The van der Waals surface area contributed by atoms with Crippen LogP contribution in [0.15, 0.2) is 70.6 Å². The summed E-state index contributed by atoms with van der Waals surface area (Å²) in [4.78, 5) is 4.35. The van der Waals surface area contributed by atoms with Crippen LogP contribution in [0.25, 0.3) is 17.0 Å². The number of rotatable bonds is 5. The minimum absolute atomic E-state index is 0.561. The molecule has 0 spiro atoms. The number of oxazole rings is 1. The highest BCUT2D eigenvalue weighted by atomic mass is 35.5. The van der Waals surface area contributed by atoms with Crippen molar-refractivity contribution in [3.8, 4) is 17.0 Å². The van der Waals surface area contributed by atoms with Crippen molar-refractivity contribution in [2.75, 3.05) is 0 Å². The summed E-state index contributed by atoms with van der Waals surface area (Å²) in [6, 6.07) is 15.8. The van der Waals surface area contributed by atoms with Crippen molar-refractivity contribution in [2.24, 2.45) is 0 Å². The number of nitrogens with zero attached hydrogens (tertiary/aromatic N) is 4. The number of hydrogen-bond acceptors (Lipinski definition) is 5. The van der Waals surface area contributed by atoms with Crippen LogP contribution in [-0.4, -0.2) is 19.7 Å². The molecule has 0 amide bonds. The van der Waals surface area contributed by atoms with Gasteiger partial charge in [0.1, 0.15) is 6.33 Å². The molecule has 7 heteroatoms. The minimum Gasteiger partial charge on any atom is -0.440 e.